The molecule has 0 saturated heterocycles. The van der Waals surface area contributed by atoms with Crippen LogP contribution in [-0.4, -0.2) is 36.5 Å². The molecule has 0 aromatic carbocycles. The Kier molecular flexibility index (Phi) is 4.36. The molecule has 0 spiro atoms. The Balaban J connectivity index is 3.88. The molecule has 0 aromatic rings. The lowest BCUT2D eigenvalue weighted by molar-refractivity contribution is -0.140. The van der Waals surface area contributed by atoms with E-state index in [0.29, 0.717) is 0 Å². The van der Waals surface area contributed by atoms with Crippen molar-refractivity contribution < 1.29 is 9.63 Å². The van der Waals surface area contributed by atoms with Crippen molar-refractivity contribution in [1.29, 1.82) is 0 Å². The molecule has 0 fully saturated rings. The van der Waals surface area contributed by atoms with Gasteiger partial charge in [-0.2, -0.15) is 5.48 Å². The van der Waals surface area contributed by atoms with E-state index >= 15 is 0 Å². The first-order chi connectivity index (χ1) is 5.74. The van der Waals surface area contributed by atoms with E-state index in [4.69, 9.17) is 4.84 Å². The van der Waals surface area contributed by atoms with Crippen LogP contribution in [-0.2, 0) is 9.63 Å². The maximum absolute atomic E-state index is 11.3. The van der Waals surface area contributed by atoms with Crippen LogP contribution in [0.15, 0.2) is 0 Å². The molecule has 13 heavy (non-hydrogen) atoms. The lowest BCUT2D eigenvalue weighted by Gasteiger charge is -2.24. The van der Waals surface area contributed by atoms with E-state index in [1.165, 1.54) is 4.90 Å². The Labute approximate surface area is 80.2 Å². The van der Waals surface area contributed by atoms with Gasteiger partial charge in [-0.15, -0.1) is 0 Å². The van der Waals surface area contributed by atoms with Gasteiger partial charge in [0.15, 0.2) is 0 Å². The first-order valence-corrected chi connectivity index (χ1v) is 4.39. The van der Waals surface area contributed by atoms with E-state index in [0.717, 1.165) is 0 Å². The molecule has 4 nitrogen and oxygen atoms in total. The van der Waals surface area contributed by atoms with Gasteiger partial charge >= 0.3 is 0 Å². The predicted molar refractivity (Wildman–Crippen MR) is 52.1 cm³/mol. The van der Waals surface area contributed by atoms with Crippen molar-refractivity contribution in [3.63, 3.8) is 0 Å². The van der Waals surface area contributed by atoms with Crippen molar-refractivity contribution in [2.24, 2.45) is 0 Å². The lowest BCUT2D eigenvalue weighted by Crippen LogP contribution is -2.44. The number of amides is 1. The average molecular weight is 188 g/mol. The van der Waals surface area contributed by atoms with Crippen LogP contribution in [0.2, 0.25) is 0 Å². The Morgan fingerprint density at radius 3 is 2.15 bits per heavy atom. The van der Waals surface area contributed by atoms with Gasteiger partial charge in [-0.25, -0.2) is 0 Å². The summed E-state index contributed by atoms with van der Waals surface area (Å²) in [4.78, 5) is 18.1. The minimum atomic E-state index is -0.311. The van der Waals surface area contributed by atoms with Crippen molar-refractivity contribution in [2.45, 2.75) is 39.3 Å². The summed E-state index contributed by atoms with van der Waals surface area (Å²) in [6.07, 6.45) is 0. The van der Waals surface area contributed by atoms with Crippen LogP contribution >= 0.6 is 0 Å². The maximum Gasteiger partial charge on any atom is 0.241 e. The molecule has 0 aliphatic heterocycles. The van der Waals surface area contributed by atoms with Gasteiger partial charge in [-0.3, -0.25) is 9.63 Å². The lowest BCUT2D eigenvalue weighted by atomic mass is 10.2. The summed E-state index contributed by atoms with van der Waals surface area (Å²) in [6, 6.07) is -0.311. The molecule has 4 heteroatoms. The van der Waals surface area contributed by atoms with Crippen LogP contribution < -0.4 is 5.48 Å². The highest BCUT2D eigenvalue weighted by Crippen LogP contribution is 2.04. The number of hydroxylamine groups is 1. The molecule has 0 rings (SSSR count). The smallest absolute Gasteiger partial charge is 0.241 e. The third kappa shape index (κ3) is 5.60. The Morgan fingerprint density at radius 1 is 1.38 bits per heavy atom. The minimum Gasteiger partial charge on any atom is -0.347 e. The van der Waals surface area contributed by atoms with Crippen molar-refractivity contribution in [2.75, 3.05) is 14.1 Å². The third-order valence-electron chi connectivity index (χ3n) is 1.35. The number of nitrogens with zero attached hydrogens (tertiary/aromatic N) is 1. The van der Waals surface area contributed by atoms with Gasteiger partial charge in [0.05, 0.1) is 5.60 Å². The molecule has 0 aliphatic rings. The largest absolute Gasteiger partial charge is 0.347 e. The topological polar surface area (TPSA) is 41.6 Å². The minimum absolute atomic E-state index is 0.00394. The van der Waals surface area contributed by atoms with Gasteiger partial charge in [0.1, 0.15) is 6.04 Å². The molecule has 1 amide bonds. The number of likely N-dealkylation sites (N-methyl/N-ethyl adjacent to an activating group) is 1. The van der Waals surface area contributed by atoms with E-state index in [2.05, 4.69) is 5.48 Å². The molecule has 0 bridgehead atoms. The van der Waals surface area contributed by atoms with Crippen LogP contribution in [0.3, 0.4) is 0 Å². The van der Waals surface area contributed by atoms with Gasteiger partial charge in [-0.1, -0.05) is 0 Å². The molecule has 1 unspecified atom stereocenters. The van der Waals surface area contributed by atoms with Crippen LogP contribution in [0, 0.1) is 0 Å². The molecule has 0 saturated carbocycles. The van der Waals surface area contributed by atoms with E-state index in [9.17, 15) is 4.79 Å². The molecule has 0 aliphatic carbocycles. The van der Waals surface area contributed by atoms with Gasteiger partial charge in [-0.05, 0) is 27.7 Å². The highest BCUT2D eigenvalue weighted by Gasteiger charge is 2.18. The quantitative estimate of drug-likeness (QED) is 0.666. The zero-order valence-electron chi connectivity index (χ0n) is 9.34. The summed E-state index contributed by atoms with van der Waals surface area (Å²) in [7, 11) is 3.44. The van der Waals surface area contributed by atoms with Crippen LogP contribution in [0.1, 0.15) is 27.7 Å². The fraction of sp³-hybridized carbons (Fsp3) is 0.889. The van der Waals surface area contributed by atoms with Crippen molar-refractivity contribution in [1.82, 2.24) is 10.4 Å². The number of rotatable bonds is 3. The molecule has 1 N–H and O–H groups in total. The average Bonchev–Trinajstić information content (AvgIpc) is 1.97. The zero-order valence-corrected chi connectivity index (χ0v) is 9.34. The van der Waals surface area contributed by atoms with Crippen molar-refractivity contribution >= 4 is 5.91 Å². The number of nitrogens with one attached hydrogen (secondary N) is 1. The van der Waals surface area contributed by atoms with Crippen LogP contribution in [0.25, 0.3) is 0 Å². The monoisotopic (exact) mass is 188 g/mol. The van der Waals surface area contributed by atoms with Crippen molar-refractivity contribution in [3.8, 4) is 0 Å². The van der Waals surface area contributed by atoms with E-state index in [-0.39, 0.29) is 17.6 Å². The molecule has 0 aromatic heterocycles. The molecular weight excluding hydrogens is 168 g/mol. The summed E-state index contributed by atoms with van der Waals surface area (Å²) in [6.45, 7) is 7.54. The first-order valence-electron chi connectivity index (χ1n) is 4.39. The number of hydrogen-bond donors (Lipinski definition) is 1. The normalized spacial score (nSPS) is 14.0. The highest BCUT2D eigenvalue weighted by molar-refractivity contribution is 5.80. The third-order valence-corrected chi connectivity index (χ3v) is 1.35. The van der Waals surface area contributed by atoms with E-state index in [1.54, 1.807) is 21.0 Å². The second-order valence-electron chi connectivity index (χ2n) is 4.29. The fourth-order valence-electron chi connectivity index (χ4n) is 0.703. The fourth-order valence-corrected chi connectivity index (χ4v) is 0.703. The first kappa shape index (κ1) is 12.4. The van der Waals surface area contributed by atoms with E-state index < -0.39 is 0 Å². The summed E-state index contributed by atoms with van der Waals surface area (Å²) in [5.74, 6) is 0.00394. The molecule has 0 radical (unpaired) electrons. The number of hydrogen-bond acceptors (Lipinski definition) is 3. The van der Waals surface area contributed by atoms with Crippen LogP contribution in [0.4, 0.5) is 0 Å². The Hall–Kier alpha value is -0.610. The van der Waals surface area contributed by atoms with E-state index in [1.807, 2.05) is 20.8 Å². The van der Waals surface area contributed by atoms with Gasteiger partial charge in [0.2, 0.25) is 5.91 Å². The molecule has 1 atom stereocenters. The summed E-state index contributed by atoms with van der Waals surface area (Å²) < 4.78 is 0. The van der Waals surface area contributed by atoms with Crippen molar-refractivity contribution in [3.05, 3.63) is 0 Å². The predicted octanol–water partition coefficient (Wildman–Crippen LogP) is 0.783. The number of carbonyl (C=O) groups excluding carboxylic acids is 1. The van der Waals surface area contributed by atoms with Gasteiger partial charge in [0.25, 0.3) is 0 Å². The van der Waals surface area contributed by atoms with Gasteiger partial charge < -0.3 is 4.90 Å². The van der Waals surface area contributed by atoms with Gasteiger partial charge in [0, 0.05) is 14.1 Å². The zero-order chi connectivity index (χ0) is 10.6. The SMILES string of the molecule is CC(NOC(C)(C)C)C(=O)N(C)C. The molecule has 78 valence electrons. The Bertz CT molecular complexity index is 173. The maximum atomic E-state index is 11.3. The standard InChI is InChI=1S/C9H20N2O2/c1-7(8(12)11(5)6)10-13-9(2,3)4/h7,10H,1-6H3. The summed E-state index contributed by atoms with van der Waals surface area (Å²) >= 11 is 0. The Morgan fingerprint density at radius 2 is 1.85 bits per heavy atom. The second-order valence-corrected chi connectivity index (χ2v) is 4.29. The highest BCUT2D eigenvalue weighted by atomic mass is 16.7. The summed E-state index contributed by atoms with van der Waals surface area (Å²) in [5, 5.41) is 0. The van der Waals surface area contributed by atoms with Crippen LogP contribution in [0.5, 0.6) is 0 Å². The molecular formula is C9H20N2O2. The second kappa shape index (κ2) is 4.58. The number of carbonyl (C=O) groups is 1. The molecule has 0 heterocycles. The summed E-state index contributed by atoms with van der Waals surface area (Å²) in [5.41, 5.74) is 2.44.